The van der Waals surface area contributed by atoms with E-state index in [2.05, 4.69) is 14.8 Å². The maximum Gasteiger partial charge on any atom is 0.269 e. The van der Waals surface area contributed by atoms with E-state index in [1.54, 1.807) is 14.0 Å². The van der Waals surface area contributed by atoms with Gasteiger partial charge in [0.15, 0.2) is 21.6 Å². The minimum Gasteiger partial charge on any atom is -0.381 e. The Bertz CT molecular complexity index is 775. The molecule has 20 heavy (non-hydrogen) atoms. The minimum atomic E-state index is -3.89. The summed E-state index contributed by atoms with van der Waals surface area (Å²) in [4.78, 5) is 15.0. The van der Waals surface area contributed by atoms with E-state index in [1.807, 2.05) is 0 Å². The molecule has 2 aromatic heterocycles. The van der Waals surface area contributed by atoms with Crippen molar-refractivity contribution in [2.24, 2.45) is 7.05 Å². The average molecular weight is 315 g/mol. The molecule has 0 aliphatic carbocycles. The van der Waals surface area contributed by atoms with Crippen LogP contribution in [0.4, 0.5) is 10.9 Å². The number of sulfonamides is 1. The highest BCUT2D eigenvalue weighted by Crippen LogP contribution is 2.25. The van der Waals surface area contributed by atoms with Crippen molar-refractivity contribution in [2.45, 2.75) is 18.7 Å². The van der Waals surface area contributed by atoms with E-state index in [0.29, 0.717) is 5.69 Å². The number of nitrogens with one attached hydrogen (secondary N) is 1. The standard InChI is InChI=1S/C10H13N5O3S2/c1-5-8(9(11)13-15(5)3)20(17,18)14-10-12-7(4-19-10)6(2)16/h4H,1-3H3,(H2,11,13)(H,12,14). The molecule has 0 bridgehead atoms. The fourth-order valence-electron chi connectivity index (χ4n) is 1.59. The lowest BCUT2D eigenvalue weighted by Gasteiger charge is -2.05. The molecule has 8 nitrogen and oxygen atoms in total. The fraction of sp³-hybridized carbons (Fsp3) is 0.300. The minimum absolute atomic E-state index is 0.0825. The zero-order chi connectivity index (χ0) is 15.1. The maximum atomic E-state index is 12.3. The summed E-state index contributed by atoms with van der Waals surface area (Å²) in [5.41, 5.74) is 6.24. The van der Waals surface area contributed by atoms with Crippen molar-refractivity contribution in [3.05, 3.63) is 16.8 Å². The molecule has 0 radical (unpaired) electrons. The van der Waals surface area contributed by atoms with Gasteiger partial charge in [-0.15, -0.1) is 11.3 Å². The molecule has 2 rings (SSSR count). The van der Waals surface area contributed by atoms with E-state index in [4.69, 9.17) is 5.73 Å². The highest BCUT2D eigenvalue weighted by molar-refractivity contribution is 7.93. The van der Waals surface area contributed by atoms with Crippen LogP contribution in [0, 0.1) is 6.92 Å². The SMILES string of the molecule is CC(=O)c1csc(NS(=O)(=O)c2c(N)nn(C)c2C)n1. The number of thiazole rings is 1. The van der Waals surface area contributed by atoms with Crippen LogP contribution in [-0.2, 0) is 17.1 Å². The first-order valence-corrected chi connectivity index (χ1v) is 7.87. The number of carbonyl (C=O) groups is 1. The van der Waals surface area contributed by atoms with E-state index in [0.717, 1.165) is 11.3 Å². The van der Waals surface area contributed by atoms with Gasteiger partial charge in [0.25, 0.3) is 10.0 Å². The van der Waals surface area contributed by atoms with Crippen molar-refractivity contribution in [1.82, 2.24) is 14.8 Å². The molecule has 0 fully saturated rings. The third-order valence-corrected chi connectivity index (χ3v) is 5.05. The van der Waals surface area contributed by atoms with Gasteiger partial charge >= 0.3 is 0 Å². The molecular weight excluding hydrogens is 302 g/mol. The van der Waals surface area contributed by atoms with E-state index < -0.39 is 10.0 Å². The Morgan fingerprint density at radius 3 is 2.60 bits per heavy atom. The Hall–Kier alpha value is -1.94. The van der Waals surface area contributed by atoms with Gasteiger partial charge in [-0.2, -0.15) is 5.10 Å². The first-order chi connectivity index (χ1) is 9.22. The Morgan fingerprint density at radius 1 is 1.50 bits per heavy atom. The smallest absolute Gasteiger partial charge is 0.269 e. The second-order valence-corrected chi connectivity index (χ2v) is 6.60. The van der Waals surface area contributed by atoms with Crippen LogP contribution in [0.2, 0.25) is 0 Å². The number of hydrogen-bond donors (Lipinski definition) is 2. The van der Waals surface area contributed by atoms with Crippen molar-refractivity contribution in [2.75, 3.05) is 10.5 Å². The summed E-state index contributed by atoms with van der Waals surface area (Å²) in [5, 5.41) is 5.45. The van der Waals surface area contributed by atoms with Crippen LogP contribution in [-0.4, -0.2) is 29.0 Å². The predicted octanol–water partition coefficient (Wildman–Crippen LogP) is 0.771. The van der Waals surface area contributed by atoms with Crippen LogP contribution in [0.25, 0.3) is 0 Å². The summed E-state index contributed by atoms with van der Waals surface area (Å²) < 4.78 is 28.2. The third kappa shape index (κ3) is 2.51. The van der Waals surface area contributed by atoms with Gasteiger partial charge in [0.2, 0.25) is 0 Å². The highest BCUT2D eigenvalue weighted by atomic mass is 32.2. The van der Waals surface area contributed by atoms with E-state index in [1.165, 1.54) is 17.0 Å². The van der Waals surface area contributed by atoms with Gasteiger partial charge in [0, 0.05) is 19.4 Å². The molecule has 2 aromatic rings. The van der Waals surface area contributed by atoms with Crippen LogP contribution in [0.15, 0.2) is 10.3 Å². The fourth-order valence-corrected chi connectivity index (χ4v) is 3.92. The number of nitrogens with two attached hydrogens (primary N) is 1. The molecule has 0 saturated heterocycles. The van der Waals surface area contributed by atoms with Crippen LogP contribution < -0.4 is 10.5 Å². The number of nitrogen functional groups attached to an aromatic ring is 1. The molecule has 0 atom stereocenters. The molecule has 0 spiro atoms. The quantitative estimate of drug-likeness (QED) is 0.804. The van der Waals surface area contributed by atoms with Crippen LogP contribution in [0.1, 0.15) is 23.1 Å². The zero-order valence-electron chi connectivity index (χ0n) is 11.0. The van der Waals surface area contributed by atoms with Crippen molar-refractivity contribution in [3.8, 4) is 0 Å². The number of aryl methyl sites for hydroxylation is 1. The second kappa shape index (κ2) is 4.87. The molecule has 0 saturated carbocycles. The van der Waals surface area contributed by atoms with Gasteiger partial charge < -0.3 is 5.73 Å². The summed E-state index contributed by atoms with van der Waals surface area (Å²) in [7, 11) is -2.29. The number of rotatable bonds is 4. The molecule has 0 aliphatic heterocycles. The number of aromatic nitrogens is 3. The summed E-state index contributed by atoms with van der Waals surface area (Å²) >= 11 is 1.03. The van der Waals surface area contributed by atoms with Gasteiger partial charge in [-0.25, -0.2) is 13.4 Å². The van der Waals surface area contributed by atoms with Crippen molar-refractivity contribution in [1.29, 1.82) is 0 Å². The molecule has 108 valence electrons. The number of Topliss-reactive ketones (excluding diaryl/α,β-unsaturated/α-hetero) is 1. The topological polar surface area (TPSA) is 120 Å². The second-order valence-electron chi connectivity index (χ2n) is 4.12. The van der Waals surface area contributed by atoms with E-state index >= 15 is 0 Å². The molecule has 0 aromatic carbocycles. The van der Waals surface area contributed by atoms with Gasteiger partial charge in [0.1, 0.15) is 5.69 Å². The molecule has 0 unspecified atom stereocenters. The van der Waals surface area contributed by atoms with Crippen molar-refractivity contribution in [3.63, 3.8) is 0 Å². The number of ketones is 1. The zero-order valence-corrected chi connectivity index (χ0v) is 12.7. The molecular formula is C10H13N5O3S2. The summed E-state index contributed by atoms with van der Waals surface area (Å²) in [5.74, 6) is -0.315. The Kier molecular flexibility index (Phi) is 3.52. The summed E-state index contributed by atoms with van der Waals surface area (Å²) in [6.45, 7) is 2.96. The number of carbonyl (C=O) groups excluding carboxylic acids is 1. The first-order valence-electron chi connectivity index (χ1n) is 5.50. The molecule has 2 heterocycles. The van der Waals surface area contributed by atoms with Crippen LogP contribution in [0.3, 0.4) is 0 Å². The Balaban J connectivity index is 2.38. The predicted molar refractivity (Wildman–Crippen MR) is 75.3 cm³/mol. The monoisotopic (exact) mass is 315 g/mol. The lowest BCUT2D eigenvalue weighted by Crippen LogP contribution is -2.15. The lowest BCUT2D eigenvalue weighted by atomic mass is 10.4. The Morgan fingerprint density at radius 2 is 2.15 bits per heavy atom. The molecule has 10 heteroatoms. The van der Waals surface area contributed by atoms with Crippen molar-refractivity contribution < 1.29 is 13.2 Å². The lowest BCUT2D eigenvalue weighted by molar-refractivity contribution is 0.101. The number of hydrogen-bond acceptors (Lipinski definition) is 7. The summed E-state index contributed by atoms with van der Waals surface area (Å²) in [6.07, 6.45) is 0. The van der Waals surface area contributed by atoms with Gasteiger partial charge in [-0.3, -0.25) is 14.2 Å². The number of anilines is 2. The third-order valence-electron chi connectivity index (χ3n) is 2.66. The molecule has 0 aliphatic rings. The largest absolute Gasteiger partial charge is 0.381 e. The maximum absolute atomic E-state index is 12.3. The van der Waals surface area contributed by atoms with Gasteiger partial charge in [0.05, 0.1) is 5.69 Å². The van der Waals surface area contributed by atoms with Crippen LogP contribution >= 0.6 is 11.3 Å². The van der Waals surface area contributed by atoms with Crippen molar-refractivity contribution >= 4 is 38.1 Å². The van der Waals surface area contributed by atoms with Gasteiger partial charge in [-0.05, 0) is 6.92 Å². The summed E-state index contributed by atoms with van der Waals surface area (Å²) in [6, 6.07) is 0. The highest BCUT2D eigenvalue weighted by Gasteiger charge is 2.25. The average Bonchev–Trinajstić information content (AvgIpc) is 2.84. The molecule has 0 amide bonds. The van der Waals surface area contributed by atoms with E-state index in [9.17, 15) is 13.2 Å². The first kappa shape index (κ1) is 14.5. The van der Waals surface area contributed by atoms with Crippen LogP contribution in [0.5, 0.6) is 0 Å². The number of nitrogens with zero attached hydrogens (tertiary/aromatic N) is 3. The normalized spacial score (nSPS) is 11.6. The van der Waals surface area contributed by atoms with E-state index in [-0.39, 0.29) is 27.3 Å². The Labute approximate surface area is 119 Å². The van der Waals surface area contributed by atoms with Gasteiger partial charge in [-0.1, -0.05) is 0 Å². The molecule has 3 N–H and O–H groups in total.